The molecule has 1 aromatic carbocycles. The topological polar surface area (TPSA) is 58.9 Å². The Bertz CT molecular complexity index is 256. The van der Waals surface area contributed by atoms with Crippen LogP contribution in [0, 0.1) is 0 Å². The van der Waals surface area contributed by atoms with Gasteiger partial charge in [-0.1, -0.05) is 36.4 Å². The van der Waals surface area contributed by atoms with Gasteiger partial charge in [0.25, 0.3) is 0 Å². The Hall–Kier alpha value is -2.02. The van der Waals surface area contributed by atoms with Crippen LogP contribution >= 0.6 is 0 Å². The van der Waals surface area contributed by atoms with Gasteiger partial charge < -0.3 is 0 Å². The predicted octanol–water partition coefficient (Wildman–Crippen LogP) is 1.30. The summed E-state index contributed by atoms with van der Waals surface area (Å²) in [4.78, 5) is 24.2. The fraction of sp³-hybridized carbons (Fsp3) is 0.111. The summed E-state index contributed by atoms with van der Waals surface area (Å²) in [6.45, 7) is -0.160. The number of hydrogen-bond acceptors (Lipinski definition) is 4. The zero-order valence-corrected chi connectivity index (χ0v) is 6.88. The summed E-state index contributed by atoms with van der Waals surface area (Å²) in [7, 11) is 0. The van der Waals surface area contributed by atoms with E-state index in [0.29, 0.717) is 0 Å². The Morgan fingerprint density at radius 1 is 0.769 bits per heavy atom. The Morgan fingerprint density at radius 2 is 1.08 bits per heavy atom. The number of hydrogen-bond donors (Lipinski definition) is 0. The molecule has 0 unspecified atom stereocenters. The lowest BCUT2D eigenvalue weighted by atomic mass is 10.4. The molecule has 0 fully saturated rings. The highest BCUT2D eigenvalue weighted by Gasteiger charge is 1.63. The van der Waals surface area contributed by atoms with Crippen LogP contribution < -0.4 is 0 Å². The minimum Gasteiger partial charge on any atom is -0.211 e. The first-order chi connectivity index (χ1) is 6.41. The van der Waals surface area contributed by atoms with E-state index in [9.17, 15) is 9.59 Å². The van der Waals surface area contributed by atoms with Crippen LogP contribution in [0.4, 0.5) is 0 Å². The smallest absolute Gasteiger partial charge is 0.211 e. The fourth-order valence-corrected chi connectivity index (χ4v) is 0.478. The molecule has 1 rings (SSSR count). The van der Waals surface area contributed by atoms with Crippen molar-refractivity contribution in [3.05, 3.63) is 36.4 Å². The largest absolute Gasteiger partial charge is 0.236 e. The monoisotopic (exact) mass is 176 g/mol. The molecule has 0 atom stereocenters. The van der Waals surface area contributed by atoms with E-state index in [-0.39, 0.29) is 6.67 Å². The summed E-state index contributed by atoms with van der Waals surface area (Å²) in [5, 5.41) is 0. The molecule has 1 aromatic rings. The van der Waals surface area contributed by atoms with Crippen LogP contribution in [0.5, 0.6) is 0 Å². The van der Waals surface area contributed by atoms with Gasteiger partial charge in [-0.25, -0.2) is 9.59 Å². The standard InChI is InChI=1S/C6H6.C3H2N2O2/c1-2-4-6-5-3-1;6-2-4-1-5-3-7/h1-6H;1H2. The number of aliphatic imine (C=N–C) groups is 2. The highest BCUT2D eigenvalue weighted by molar-refractivity contribution is 5.35. The molecule has 0 heterocycles. The number of nitrogens with zero attached hydrogens (tertiary/aromatic N) is 2. The summed E-state index contributed by atoms with van der Waals surface area (Å²) in [5.74, 6) is 0. The third kappa shape index (κ3) is 9.98. The van der Waals surface area contributed by atoms with Crippen molar-refractivity contribution in [1.82, 2.24) is 0 Å². The number of rotatable bonds is 2. The van der Waals surface area contributed by atoms with Crippen LogP contribution in [0.15, 0.2) is 46.4 Å². The molecule has 0 saturated heterocycles. The summed E-state index contributed by atoms with van der Waals surface area (Å²) in [5.41, 5.74) is 0. The normalized spacial score (nSPS) is 6.77. The quantitative estimate of drug-likeness (QED) is 0.503. The highest BCUT2D eigenvalue weighted by atomic mass is 16.1. The van der Waals surface area contributed by atoms with Crippen LogP contribution in [0.25, 0.3) is 0 Å². The number of carbonyl (C=O) groups excluding carboxylic acids is 2. The first kappa shape index (κ1) is 11.0. The van der Waals surface area contributed by atoms with Gasteiger partial charge in [-0.3, -0.25) is 0 Å². The van der Waals surface area contributed by atoms with E-state index in [0.717, 1.165) is 0 Å². The first-order valence-corrected chi connectivity index (χ1v) is 3.49. The molecule has 4 nitrogen and oxygen atoms in total. The Morgan fingerprint density at radius 3 is 1.31 bits per heavy atom. The number of benzene rings is 1. The van der Waals surface area contributed by atoms with Crippen LogP contribution in [0.3, 0.4) is 0 Å². The average Bonchev–Trinajstić information content (AvgIpc) is 2.22. The minimum absolute atomic E-state index is 0.160. The second-order valence-electron chi connectivity index (χ2n) is 1.79. The Balaban J connectivity index is 0.000000223. The Kier molecular flexibility index (Phi) is 8.43. The summed E-state index contributed by atoms with van der Waals surface area (Å²) >= 11 is 0. The minimum atomic E-state index is -0.160. The van der Waals surface area contributed by atoms with E-state index >= 15 is 0 Å². The van der Waals surface area contributed by atoms with Crippen LogP contribution in [0.2, 0.25) is 0 Å². The summed E-state index contributed by atoms with van der Waals surface area (Å²) in [6, 6.07) is 12.0. The Labute approximate surface area is 75.6 Å². The van der Waals surface area contributed by atoms with Crippen molar-refractivity contribution in [3.8, 4) is 0 Å². The molecular weight excluding hydrogens is 168 g/mol. The maximum atomic E-state index is 9.20. The summed E-state index contributed by atoms with van der Waals surface area (Å²) < 4.78 is 0. The van der Waals surface area contributed by atoms with Gasteiger partial charge in [-0.15, -0.1) is 0 Å². The van der Waals surface area contributed by atoms with Gasteiger partial charge in [-0.2, -0.15) is 9.98 Å². The van der Waals surface area contributed by atoms with Gasteiger partial charge in [-0.05, 0) is 0 Å². The average molecular weight is 176 g/mol. The molecule has 0 saturated carbocycles. The zero-order valence-electron chi connectivity index (χ0n) is 6.88. The van der Waals surface area contributed by atoms with Crippen molar-refractivity contribution in [3.63, 3.8) is 0 Å². The molecule has 4 heteroatoms. The zero-order chi connectivity index (χ0) is 9.78. The third-order valence-electron chi connectivity index (χ3n) is 0.937. The lowest BCUT2D eigenvalue weighted by Crippen LogP contribution is -1.66. The van der Waals surface area contributed by atoms with E-state index in [1.165, 1.54) is 12.2 Å². The third-order valence-corrected chi connectivity index (χ3v) is 0.937. The van der Waals surface area contributed by atoms with Crippen molar-refractivity contribution < 1.29 is 9.59 Å². The van der Waals surface area contributed by atoms with Crippen molar-refractivity contribution >= 4 is 12.2 Å². The molecule has 0 bridgehead atoms. The van der Waals surface area contributed by atoms with Crippen LogP contribution in [0.1, 0.15) is 0 Å². The highest BCUT2D eigenvalue weighted by Crippen LogP contribution is 1.79. The van der Waals surface area contributed by atoms with Crippen molar-refractivity contribution in [2.24, 2.45) is 9.98 Å². The fourth-order valence-electron chi connectivity index (χ4n) is 0.478. The van der Waals surface area contributed by atoms with Crippen LogP contribution in [-0.2, 0) is 9.59 Å². The van der Waals surface area contributed by atoms with Gasteiger partial charge in [0, 0.05) is 0 Å². The number of isocyanates is 2. The molecule has 0 aliphatic heterocycles. The van der Waals surface area contributed by atoms with Gasteiger partial charge in [0.15, 0.2) is 6.67 Å². The maximum absolute atomic E-state index is 9.20. The summed E-state index contributed by atoms with van der Waals surface area (Å²) in [6.07, 6.45) is 2.41. The van der Waals surface area contributed by atoms with Gasteiger partial charge in [0.05, 0.1) is 0 Å². The molecule has 0 aliphatic rings. The maximum Gasteiger partial charge on any atom is 0.236 e. The molecule has 0 amide bonds. The van der Waals surface area contributed by atoms with E-state index in [1.807, 2.05) is 36.4 Å². The van der Waals surface area contributed by atoms with Crippen molar-refractivity contribution in [2.75, 3.05) is 6.67 Å². The van der Waals surface area contributed by atoms with E-state index < -0.39 is 0 Å². The van der Waals surface area contributed by atoms with Crippen molar-refractivity contribution in [2.45, 2.75) is 0 Å². The molecule has 13 heavy (non-hydrogen) atoms. The second kappa shape index (κ2) is 9.98. The molecule has 0 radical (unpaired) electrons. The molecule has 66 valence electrons. The van der Waals surface area contributed by atoms with Crippen molar-refractivity contribution in [1.29, 1.82) is 0 Å². The lowest BCUT2D eigenvalue weighted by Gasteiger charge is -1.69. The van der Waals surface area contributed by atoms with Gasteiger partial charge in [0.1, 0.15) is 0 Å². The molecular formula is C9H8N2O2. The second-order valence-corrected chi connectivity index (χ2v) is 1.79. The molecule has 0 aromatic heterocycles. The lowest BCUT2D eigenvalue weighted by molar-refractivity contribution is 0.560. The van der Waals surface area contributed by atoms with Gasteiger partial charge in [0.2, 0.25) is 12.2 Å². The van der Waals surface area contributed by atoms with Gasteiger partial charge >= 0.3 is 0 Å². The molecule has 0 N–H and O–H groups in total. The SMILES string of the molecule is O=C=NCN=C=O.c1ccccc1. The first-order valence-electron chi connectivity index (χ1n) is 3.49. The van der Waals surface area contributed by atoms with E-state index in [4.69, 9.17) is 0 Å². The molecule has 0 spiro atoms. The molecule has 0 aliphatic carbocycles. The van der Waals surface area contributed by atoms with Crippen LogP contribution in [-0.4, -0.2) is 18.8 Å². The van der Waals surface area contributed by atoms with E-state index in [1.54, 1.807) is 0 Å². The van der Waals surface area contributed by atoms with E-state index in [2.05, 4.69) is 9.98 Å². The predicted molar refractivity (Wildman–Crippen MR) is 47.6 cm³/mol.